The molecule has 2 atom stereocenters. The van der Waals surface area contributed by atoms with Crippen LogP contribution in [0.5, 0.6) is 0 Å². The molecule has 2 unspecified atom stereocenters. The molecular weight excluding hydrogens is 212 g/mol. The summed E-state index contributed by atoms with van der Waals surface area (Å²) in [6.07, 6.45) is 4.74. The second-order valence-electron chi connectivity index (χ2n) is 3.85. The molecule has 1 saturated heterocycles. The molecule has 0 bridgehead atoms. The summed E-state index contributed by atoms with van der Waals surface area (Å²) in [5.74, 6) is 3.85. The van der Waals surface area contributed by atoms with E-state index in [9.17, 15) is 0 Å². The van der Waals surface area contributed by atoms with Gasteiger partial charge >= 0.3 is 0 Å². The first kappa shape index (κ1) is 12.7. The molecule has 0 aromatic heterocycles. The van der Waals surface area contributed by atoms with Crippen LogP contribution >= 0.6 is 23.5 Å². The van der Waals surface area contributed by atoms with E-state index < -0.39 is 0 Å². The monoisotopic (exact) mass is 234 g/mol. The van der Waals surface area contributed by atoms with E-state index in [2.05, 4.69) is 30.0 Å². The number of rotatable bonds is 6. The van der Waals surface area contributed by atoms with E-state index in [0.717, 1.165) is 12.6 Å². The van der Waals surface area contributed by atoms with Crippen molar-refractivity contribution < 1.29 is 0 Å². The lowest BCUT2D eigenvalue weighted by Crippen LogP contribution is -2.44. The highest BCUT2D eigenvalue weighted by molar-refractivity contribution is 7.99. The molecule has 2 nitrogen and oxygen atoms in total. The standard InChI is InChI=1S/C10H22N2S2/c1-12(10-4-6-14-8-10)9(7-11)3-5-13-2/h9-10H,3-8,11H2,1-2H3. The number of hydrogen-bond acceptors (Lipinski definition) is 4. The minimum Gasteiger partial charge on any atom is -0.329 e. The molecule has 1 heterocycles. The normalized spacial score (nSPS) is 24.4. The van der Waals surface area contributed by atoms with Gasteiger partial charge in [0.15, 0.2) is 0 Å². The van der Waals surface area contributed by atoms with Crippen LogP contribution in [0.1, 0.15) is 12.8 Å². The van der Waals surface area contributed by atoms with Gasteiger partial charge in [-0.2, -0.15) is 23.5 Å². The maximum absolute atomic E-state index is 5.82. The predicted molar refractivity (Wildman–Crippen MR) is 69.3 cm³/mol. The zero-order chi connectivity index (χ0) is 10.4. The molecule has 1 rings (SSSR count). The van der Waals surface area contributed by atoms with Gasteiger partial charge in [-0.15, -0.1) is 0 Å². The highest BCUT2D eigenvalue weighted by Crippen LogP contribution is 2.23. The van der Waals surface area contributed by atoms with E-state index in [0.29, 0.717) is 6.04 Å². The molecule has 1 aliphatic heterocycles. The lowest BCUT2D eigenvalue weighted by Gasteiger charge is -2.31. The fraction of sp³-hybridized carbons (Fsp3) is 1.00. The summed E-state index contributed by atoms with van der Waals surface area (Å²) in [5, 5.41) is 0. The molecule has 0 spiro atoms. The van der Waals surface area contributed by atoms with Crippen molar-refractivity contribution in [2.24, 2.45) is 5.73 Å². The third-order valence-corrected chi connectivity index (χ3v) is 4.77. The fourth-order valence-electron chi connectivity index (χ4n) is 1.88. The molecule has 0 aliphatic carbocycles. The van der Waals surface area contributed by atoms with Crippen LogP contribution in [0, 0.1) is 0 Å². The summed E-state index contributed by atoms with van der Waals surface area (Å²) < 4.78 is 0. The first-order valence-corrected chi connectivity index (χ1v) is 7.83. The molecule has 14 heavy (non-hydrogen) atoms. The zero-order valence-electron chi connectivity index (χ0n) is 9.24. The third-order valence-electron chi connectivity index (χ3n) is 2.98. The summed E-state index contributed by atoms with van der Waals surface area (Å²) in [4.78, 5) is 2.51. The maximum atomic E-state index is 5.82. The summed E-state index contributed by atoms with van der Waals surface area (Å²) in [6, 6.07) is 1.36. The highest BCUT2D eigenvalue weighted by Gasteiger charge is 2.24. The first-order chi connectivity index (χ1) is 6.79. The summed E-state index contributed by atoms with van der Waals surface area (Å²) in [6.45, 7) is 0.804. The van der Waals surface area contributed by atoms with Gasteiger partial charge in [0.2, 0.25) is 0 Å². The van der Waals surface area contributed by atoms with E-state index in [-0.39, 0.29) is 0 Å². The summed E-state index contributed by atoms with van der Waals surface area (Å²) in [5.41, 5.74) is 5.82. The van der Waals surface area contributed by atoms with E-state index >= 15 is 0 Å². The van der Waals surface area contributed by atoms with Crippen LogP contribution in [0.4, 0.5) is 0 Å². The molecule has 2 N–H and O–H groups in total. The van der Waals surface area contributed by atoms with Gasteiger partial charge in [0.1, 0.15) is 0 Å². The van der Waals surface area contributed by atoms with E-state index in [1.165, 1.54) is 30.1 Å². The molecule has 0 amide bonds. The second-order valence-corrected chi connectivity index (χ2v) is 5.99. The number of thioether (sulfide) groups is 2. The smallest absolute Gasteiger partial charge is 0.0226 e. The fourth-order valence-corrected chi connectivity index (χ4v) is 3.67. The predicted octanol–water partition coefficient (Wildman–Crippen LogP) is 1.50. The average molecular weight is 234 g/mol. The van der Waals surface area contributed by atoms with E-state index in [4.69, 9.17) is 5.73 Å². The number of likely N-dealkylation sites (N-methyl/N-ethyl adjacent to an activating group) is 1. The van der Waals surface area contributed by atoms with Crippen molar-refractivity contribution in [3.63, 3.8) is 0 Å². The zero-order valence-corrected chi connectivity index (χ0v) is 10.9. The van der Waals surface area contributed by atoms with Crippen molar-refractivity contribution in [1.29, 1.82) is 0 Å². The Bertz CT molecular complexity index is 149. The van der Waals surface area contributed by atoms with Crippen LogP contribution in [-0.4, -0.2) is 54.1 Å². The van der Waals surface area contributed by atoms with Gasteiger partial charge < -0.3 is 5.73 Å². The van der Waals surface area contributed by atoms with Crippen molar-refractivity contribution in [3.05, 3.63) is 0 Å². The Morgan fingerprint density at radius 1 is 1.64 bits per heavy atom. The van der Waals surface area contributed by atoms with Crippen molar-refractivity contribution >= 4 is 23.5 Å². The second kappa shape index (κ2) is 6.99. The highest BCUT2D eigenvalue weighted by atomic mass is 32.2. The van der Waals surface area contributed by atoms with Gasteiger partial charge in [0.05, 0.1) is 0 Å². The summed E-state index contributed by atoms with van der Waals surface area (Å²) in [7, 11) is 2.24. The molecule has 1 aliphatic rings. The Kier molecular flexibility index (Phi) is 6.33. The Morgan fingerprint density at radius 3 is 2.93 bits per heavy atom. The Balaban J connectivity index is 2.33. The Morgan fingerprint density at radius 2 is 2.43 bits per heavy atom. The van der Waals surface area contributed by atoms with Crippen LogP contribution in [0.3, 0.4) is 0 Å². The average Bonchev–Trinajstić information content (AvgIpc) is 2.71. The van der Waals surface area contributed by atoms with Crippen LogP contribution in [0.15, 0.2) is 0 Å². The van der Waals surface area contributed by atoms with Crippen molar-refractivity contribution in [2.75, 3.05) is 37.1 Å². The van der Waals surface area contributed by atoms with E-state index in [1.54, 1.807) is 0 Å². The van der Waals surface area contributed by atoms with Crippen molar-refractivity contribution in [1.82, 2.24) is 4.90 Å². The van der Waals surface area contributed by atoms with E-state index in [1.807, 2.05) is 11.8 Å². The quantitative estimate of drug-likeness (QED) is 0.754. The van der Waals surface area contributed by atoms with Gasteiger partial charge in [-0.05, 0) is 37.7 Å². The van der Waals surface area contributed by atoms with Gasteiger partial charge in [-0.3, -0.25) is 4.90 Å². The first-order valence-electron chi connectivity index (χ1n) is 5.28. The summed E-state index contributed by atoms with van der Waals surface area (Å²) >= 11 is 3.99. The third kappa shape index (κ3) is 3.65. The minimum atomic E-state index is 0.589. The lowest BCUT2D eigenvalue weighted by molar-refractivity contribution is 0.188. The Labute approximate surface area is 96.4 Å². The minimum absolute atomic E-state index is 0.589. The molecule has 84 valence electrons. The molecule has 1 fully saturated rings. The molecule has 0 aromatic rings. The van der Waals surface area contributed by atoms with Gasteiger partial charge in [0.25, 0.3) is 0 Å². The van der Waals surface area contributed by atoms with Crippen LogP contribution in [-0.2, 0) is 0 Å². The van der Waals surface area contributed by atoms with Crippen molar-refractivity contribution in [2.45, 2.75) is 24.9 Å². The van der Waals surface area contributed by atoms with Crippen LogP contribution in [0.25, 0.3) is 0 Å². The number of nitrogens with zero attached hydrogens (tertiary/aromatic N) is 1. The van der Waals surface area contributed by atoms with Crippen LogP contribution in [0.2, 0.25) is 0 Å². The lowest BCUT2D eigenvalue weighted by atomic mass is 10.1. The molecule has 4 heteroatoms. The van der Waals surface area contributed by atoms with Crippen molar-refractivity contribution in [3.8, 4) is 0 Å². The van der Waals surface area contributed by atoms with Crippen LogP contribution < -0.4 is 5.73 Å². The molecule has 0 aromatic carbocycles. The van der Waals surface area contributed by atoms with Gasteiger partial charge in [-0.1, -0.05) is 0 Å². The topological polar surface area (TPSA) is 29.3 Å². The van der Waals surface area contributed by atoms with Gasteiger partial charge in [-0.25, -0.2) is 0 Å². The molecule has 0 saturated carbocycles. The Hall–Kier alpha value is 0.620. The molecular formula is C10H22N2S2. The number of nitrogens with two attached hydrogens (primary N) is 1. The maximum Gasteiger partial charge on any atom is 0.0226 e. The number of hydrogen-bond donors (Lipinski definition) is 1. The SMILES string of the molecule is CSCCC(CN)N(C)C1CCSC1. The van der Waals surface area contributed by atoms with Gasteiger partial charge in [0, 0.05) is 24.4 Å². The largest absolute Gasteiger partial charge is 0.329 e. The molecule has 0 radical (unpaired) electrons.